The summed E-state index contributed by atoms with van der Waals surface area (Å²) in [7, 11) is 5.90. The minimum atomic E-state index is 0.312. The molecule has 1 N–H and O–H groups in total. The van der Waals surface area contributed by atoms with Crippen molar-refractivity contribution in [1.29, 1.82) is 0 Å². The summed E-state index contributed by atoms with van der Waals surface area (Å²) >= 11 is 0. The molecule has 0 heterocycles. The van der Waals surface area contributed by atoms with Gasteiger partial charge in [-0.25, -0.2) is 0 Å². The van der Waals surface area contributed by atoms with Crippen LogP contribution in [-0.4, -0.2) is 32.6 Å². The lowest BCUT2D eigenvalue weighted by atomic mass is 10.1. The van der Waals surface area contributed by atoms with Crippen LogP contribution in [0.4, 0.5) is 0 Å². The van der Waals surface area contributed by atoms with Gasteiger partial charge in [0, 0.05) is 19.1 Å². The summed E-state index contributed by atoms with van der Waals surface area (Å²) in [5.41, 5.74) is 2.54. The van der Waals surface area contributed by atoms with Gasteiger partial charge in [0.2, 0.25) is 0 Å². The number of nitrogens with one attached hydrogen (secondary N) is 1. The molecule has 0 radical (unpaired) electrons. The van der Waals surface area contributed by atoms with Gasteiger partial charge in [-0.3, -0.25) is 0 Å². The minimum Gasteiger partial charge on any atom is -0.497 e. The average molecular weight is 284 g/mol. The Morgan fingerprint density at radius 3 is 2.48 bits per heavy atom. The molecular weight excluding hydrogens is 260 g/mol. The van der Waals surface area contributed by atoms with Crippen LogP contribution in [0.2, 0.25) is 0 Å². The molecule has 0 saturated heterocycles. The first-order valence-electron chi connectivity index (χ1n) is 7.25. The molecular formula is C18H24N2O. The molecule has 0 bridgehead atoms. The van der Waals surface area contributed by atoms with Crippen molar-refractivity contribution < 1.29 is 4.74 Å². The highest BCUT2D eigenvalue weighted by Crippen LogP contribution is 2.16. The van der Waals surface area contributed by atoms with Crippen LogP contribution in [-0.2, 0) is 6.54 Å². The Balaban J connectivity index is 2.05. The van der Waals surface area contributed by atoms with E-state index in [1.807, 2.05) is 12.1 Å². The van der Waals surface area contributed by atoms with E-state index in [9.17, 15) is 0 Å². The lowest BCUT2D eigenvalue weighted by Gasteiger charge is -2.23. The van der Waals surface area contributed by atoms with Crippen LogP contribution in [0.3, 0.4) is 0 Å². The summed E-state index contributed by atoms with van der Waals surface area (Å²) in [6.45, 7) is 1.79. The zero-order valence-corrected chi connectivity index (χ0v) is 13.0. The smallest absolute Gasteiger partial charge is 0.119 e. The molecule has 0 amide bonds. The Morgan fingerprint density at radius 1 is 1.05 bits per heavy atom. The molecule has 3 heteroatoms. The Morgan fingerprint density at radius 2 is 1.81 bits per heavy atom. The van der Waals surface area contributed by atoms with E-state index in [4.69, 9.17) is 4.74 Å². The molecule has 0 aliphatic rings. The van der Waals surface area contributed by atoms with Gasteiger partial charge in [0.25, 0.3) is 0 Å². The third-order valence-electron chi connectivity index (χ3n) is 3.44. The topological polar surface area (TPSA) is 24.5 Å². The molecule has 21 heavy (non-hydrogen) atoms. The van der Waals surface area contributed by atoms with Crippen LogP contribution in [0, 0.1) is 0 Å². The van der Waals surface area contributed by atoms with E-state index in [0.29, 0.717) is 6.04 Å². The third kappa shape index (κ3) is 4.88. The van der Waals surface area contributed by atoms with E-state index >= 15 is 0 Å². The highest BCUT2D eigenvalue weighted by Gasteiger charge is 2.11. The largest absolute Gasteiger partial charge is 0.497 e. The van der Waals surface area contributed by atoms with Crippen molar-refractivity contribution in [3.05, 3.63) is 65.7 Å². The molecule has 0 aliphatic heterocycles. The molecule has 2 rings (SSSR count). The average Bonchev–Trinajstić information content (AvgIpc) is 2.52. The van der Waals surface area contributed by atoms with Crippen LogP contribution in [0.1, 0.15) is 17.2 Å². The number of rotatable bonds is 7. The molecule has 0 aromatic heterocycles. The van der Waals surface area contributed by atoms with E-state index in [1.54, 1.807) is 7.11 Å². The van der Waals surface area contributed by atoms with Crippen LogP contribution < -0.4 is 10.1 Å². The van der Waals surface area contributed by atoms with Gasteiger partial charge in [0.05, 0.1) is 7.11 Å². The number of methoxy groups -OCH3 is 1. The molecule has 0 aliphatic carbocycles. The first kappa shape index (κ1) is 15.5. The second kappa shape index (κ2) is 7.81. The summed E-state index contributed by atoms with van der Waals surface area (Å²) in [6.07, 6.45) is 0. The van der Waals surface area contributed by atoms with Crippen LogP contribution >= 0.6 is 0 Å². The Labute approximate surface area is 127 Å². The third-order valence-corrected chi connectivity index (χ3v) is 3.44. The molecule has 1 atom stereocenters. The summed E-state index contributed by atoms with van der Waals surface area (Å²) < 4.78 is 5.27. The molecule has 112 valence electrons. The van der Waals surface area contributed by atoms with E-state index in [1.165, 1.54) is 11.1 Å². The van der Waals surface area contributed by atoms with Gasteiger partial charge in [-0.15, -0.1) is 0 Å². The van der Waals surface area contributed by atoms with Crippen molar-refractivity contribution in [3.63, 3.8) is 0 Å². The van der Waals surface area contributed by atoms with Crippen molar-refractivity contribution in [2.24, 2.45) is 0 Å². The summed E-state index contributed by atoms with van der Waals surface area (Å²) in [5.74, 6) is 0.901. The van der Waals surface area contributed by atoms with Gasteiger partial charge >= 0.3 is 0 Å². The zero-order chi connectivity index (χ0) is 15.1. The molecule has 0 saturated carbocycles. The summed E-state index contributed by atoms with van der Waals surface area (Å²) in [5, 5.41) is 3.64. The zero-order valence-electron chi connectivity index (χ0n) is 13.0. The first-order chi connectivity index (χ1) is 10.2. The Bertz CT molecular complexity index is 540. The first-order valence-corrected chi connectivity index (χ1v) is 7.25. The maximum absolute atomic E-state index is 5.27. The van der Waals surface area contributed by atoms with Crippen molar-refractivity contribution in [2.45, 2.75) is 12.6 Å². The molecule has 0 fully saturated rings. The summed E-state index contributed by atoms with van der Waals surface area (Å²) in [4.78, 5) is 2.20. The van der Waals surface area contributed by atoms with E-state index in [0.717, 1.165) is 18.8 Å². The highest BCUT2D eigenvalue weighted by atomic mass is 16.5. The van der Waals surface area contributed by atoms with Gasteiger partial charge in [-0.1, -0.05) is 42.5 Å². The lowest BCUT2D eigenvalue weighted by Crippen LogP contribution is -2.30. The van der Waals surface area contributed by atoms with Crippen molar-refractivity contribution in [2.75, 3.05) is 27.7 Å². The van der Waals surface area contributed by atoms with Crippen molar-refractivity contribution in [3.8, 4) is 5.75 Å². The molecule has 2 aromatic carbocycles. The normalized spacial score (nSPS) is 12.4. The number of ether oxygens (including phenoxy) is 1. The lowest BCUT2D eigenvalue weighted by molar-refractivity contribution is 0.340. The van der Waals surface area contributed by atoms with Gasteiger partial charge in [-0.05, 0) is 37.4 Å². The van der Waals surface area contributed by atoms with Gasteiger partial charge in [0.1, 0.15) is 5.75 Å². The molecule has 0 spiro atoms. The van der Waals surface area contributed by atoms with Crippen LogP contribution in [0.25, 0.3) is 0 Å². The van der Waals surface area contributed by atoms with E-state index in [2.05, 4.69) is 66.8 Å². The summed E-state index contributed by atoms with van der Waals surface area (Å²) in [6, 6.07) is 19.1. The fraction of sp³-hybridized carbons (Fsp3) is 0.333. The maximum atomic E-state index is 5.27. The van der Waals surface area contributed by atoms with Crippen molar-refractivity contribution in [1.82, 2.24) is 10.2 Å². The molecule has 1 unspecified atom stereocenters. The highest BCUT2D eigenvalue weighted by molar-refractivity contribution is 5.28. The van der Waals surface area contributed by atoms with Gasteiger partial charge in [-0.2, -0.15) is 0 Å². The fourth-order valence-electron chi connectivity index (χ4n) is 2.36. The Hall–Kier alpha value is -1.84. The van der Waals surface area contributed by atoms with E-state index in [-0.39, 0.29) is 0 Å². The van der Waals surface area contributed by atoms with Gasteiger partial charge < -0.3 is 15.0 Å². The number of benzene rings is 2. The second-order valence-corrected chi connectivity index (χ2v) is 5.46. The SMILES string of the molecule is COc1cccc(CNC(CN(C)C)c2ccccc2)c1. The maximum Gasteiger partial charge on any atom is 0.119 e. The molecule has 3 nitrogen and oxygen atoms in total. The predicted molar refractivity (Wildman–Crippen MR) is 87.6 cm³/mol. The number of likely N-dealkylation sites (N-methyl/N-ethyl adjacent to an activating group) is 1. The number of hydrogen-bond acceptors (Lipinski definition) is 3. The van der Waals surface area contributed by atoms with E-state index < -0.39 is 0 Å². The van der Waals surface area contributed by atoms with Crippen LogP contribution in [0.5, 0.6) is 5.75 Å². The number of nitrogens with zero attached hydrogens (tertiary/aromatic N) is 1. The fourth-order valence-corrected chi connectivity index (χ4v) is 2.36. The monoisotopic (exact) mass is 284 g/mol. The minimum absolute atomic E-state index is 0.312. The predicted octanol–water partition coefficient (Wildman–Crippen LogP) is 3.09. The second-order valence-electron chi connectivity index (χ2n) is 5.46. The van der Waals surface area contributed by atoms with Crippen LogP contribution in [0.15, 0.2) is 54.6 Å². The Kier molecular flexibility index (Phi) is 5.78. The standard InChI is InChI=1S/C18H24N2O/c1-20(2)14-18(16-9-5-4-6-10-16)19-13-15-8-7-11-17(12-15)21-3/h4-12,18-19H,13-14H2,1-3H3. The molecule has 2 aromatic rings. The number of hydrogen-bond donors (Lipinski definition) is 1. The van der Waals surface area contributed by atoms with Crippen molar-refractivity contribution >= 4 is 0 Å². The quantitative estimate of drug-likeness (QED) is 0.845. The van der Waals surface area contributed by atoms with Gasteiger partial charge in [0.15, 0.2) is 0 Å².